The molecule has 0 aliphatic carbocycles. The number of anilines is 1. The molecule has 0 aromatic carbocycles. The van der Waals surface area contributed by atoms with Crippen molar-refractivity contribution in [2.24, 2.45) is 5.41 Å². The van der Waals surface area contributed by atoms with Gasteiger partial charge in [0.15, 0.2) is 0 Å². The molecule has 19 heavy (non-hydrogen) atoms. The van der Waals surface area contributed by atoms with Crippen LogP contribution in [-0.4, -0.2) is 54.7 Å². The lowest BCUT2D eigenvalue weighted by Gasteiger charge is -2.48. The van der Waals surface area contributed by atoms with Crippen LogP contribution in [0, 0.1) is 5.41 Å². The van der Waals surface area contributed by atoms with Crippen molar-refractivity contribution >= 4 is 5.82 Å². The zero-order valence-electron chi connectivity index (χ0n) is 11.4. The largest absolute Gasteiger partial charge is 0.481 e. The lowest BCUT2D eigenvalue weighted by molar-refractivity contribution is 0.210. The van der Waals surface area contributed by atoms with Gasteiger partial charge in [-0.1, -0.05) is 6.08 Å². The van der Waals surface area contributed by atoms with Gasteiger partial charge in [0.2, 0.25) is 5.88 Å². The molecule has 1 spiro atoms. The summed E-state index contributed by atoms with van der Waals surface area (Å²) in [5, 5.41) is 0. The third kappa shape index (κ3) is 2.30. The number of ether oxygens (including phenoxy) is 1. The van der Waals surface area contributed by atoms with E-state index in [1.165, 1.54) is 19.5 Å². The van der Waals surface area contributed by atoms with Crippen LogP contribution in [0.5, 0.6) is 5.88 Å². The standard InChI is InChI=1S/C14H20N4O/c1-3-5-17-6-4-14(8-17)9-18(10-14)12-7-13(19-2)16-11-15-12/h3,7,11H,1,4-6,8-10H2,2H3. The zero-order valence-corrected chi connectivity index (χ0v) is 11.4. The van der Waals surface area contributed by atoms with Crippen LogP contribution in [0.2, 0.25) is 0 Å². The Morgan fingerprint density at radius 3 is 3.00 bits per heavy atom. The van der Waals surface area contributed by atoms with Gasteiger partial charge in [0.25, 0.3) is 0 Å². The van der Waals surface area contributed by atoms with Gasteiger partial charge in [-0.25, -0.2) is 9.97 Å². The Balaban J connectivity index is 1.62. The van der Waals surface area contributed by atoms with Crippen LogP contribution < -0.4 is 9.64 Å². The molecule has 1 aromatic heterocycles. The van der Waals surface area contributed by atoms with E-state index < -0.39 is 0 Å². The monoisotopic (exact) mass is 260 g/mol. The highest BCUT2D eigenvalue weighted by molar-refractivity contribution is 5.45. The molecule has 5 nitrogen and oxygen atoms in total. The average Bonchev–Trinajstić information content (AvgIpc) is 2.82. The second-order valence-electron chi connectivity index (χ2n) is 5.55. The minimum Gasteiger partial charge on any atom is -0.481 e. The summed E-state index contributed by atoms with van der Waals surface area (Å²) in [4.78, 5) is 13.2. The molecule has 2 aliphatic rings. The molecule has 0 N–H and O–H groups in total. The number of rotatable bonds is 4. The third-order valence-corrected chi connectivity index (χ3v) is 4.12. The first-order valence-electron chi connectivity index (χ1n) is 6.69. The predicted molar refractivity (Wildman–Crippen MR) is 74.5 cm³/mol. The lowest BCUT2D eigenvalue weighted by Crippen LogP contribution is -2.58. The number of methoxy groups -OCH3 is 1. The molecule has 0 radical (unpaired) electrons. The van der Waals surface area contributed by atoms with E-state index in [0.717, 1.165) is 25.5 Å². The fraction of sp³-hybridized carbons (Fsp3) is 0.571. The summed E-state index contributed by atoms with van der Waals surface area (Å²) in [6.45, 7) is 9.35. The highest BCUT2D eigenvalue weighted by Crippen LogP contribution is 2.41. The normalized spacial score (nSPS) is 21.4. The van der Waals surface area contributed by atoms with Gasteiger partial charge in [0.1, 0.15) is 12.1 Å². The van der Waals surface area contributed by atoms with Crippen molar-refractivity contribution in [3.05, 3.63) is 25.0 Å². The first-order chi connectivity index (χ1) is 9.24. The minimum absolute atomic E-state index is 0.460. The fourth-order valence-corrected chi connectivity index (χ4v) is 3.16. The SMILES string of the molecule is C=CCN1CCC2(C1)CN(c1cc(OC)ncn1)C2. The smallest absolute Gasteiger partial charge is 0.218 e. The topological polar surface area (TPSA) is 41.5 Å². The highest BCUT2D eigenvalue weighted by atomic mass is 16.5. The average molecular weight is 260 g/mol. The number of hydrogen-bond acceptors (Lipinski definition) is 5. The van der Waals surface area contributed by atoms with Gasteiger partial charge in [0, 0.05) is 37.7 Å². The molecule has 0 unspecified atom stereocenters. The van der Waals surface area contributed by atoms with Crippen molar-refractivity contribution in [2.75, 3.05) is 44.7 Å². The molecule has 1 aromatic rings. The number of nitrogens with zero attached hydrogens (tertiary/aromatic N) is 4. The number of likely N-dealkylation sites (tertiary alicyclic amines) is 1. The van der Waals surface area contributed by atoms with Gasteiger partial charge in [-0.3, -0.25) is 4.90 Å². The Morgan fingerprint density at radius 1 is 1.42 bits per heavy atom. The molecule has 0 bridgehead atoms. The predicted octanol–water partition coefficient (Wildman–Crippen LogP) is 1.18. The van der Waals surface area contributed by atoms with Gasteiger partial charge in [-0.15, -0.1) is 6.58 Å². The Hall–Kier alpha value is -1.62. The maximum absolute atomic E-state index is 5.14. The second kappa shape index (κ2) is 4.81. The van der Waals surface area contributed by atoms with E-state index in [2.05, 4.69) is 26.3 Å². The van der Waals surface area contributed by atoms with Crippen LogP contribution in [0.15, 0.2) is 25.0 Å². The van der Waals surface area contributed by atoms with Crippen molar-refractivity contribution in [1.29, 1.82) is 0 Å². The molecule has 2 saturated heterocycles. The summed E-state index contributed by atoms with van der Waals surface area (Å²) in [6.07, 6.45) is 4.84. The molecule has 0 amide bonds. The van der Waals surface area contributed by atoms with Crippen LogP contribution in [0.25, 0.3) is 0 Å². The summed E-state index contributed by atoms with van der Waals surface area (Å²) in [5.41, 5.74) is 0.460. The van der Waals surface area contributed by atoms with Crippen molar-refractivity contribution in [1.82, 2.24) is 14.9 Å². The van der Waals surface area contributed by atoms with Gasteiger partial charge < -0.3 is 9.64 Å². The van der Waals surface area contributed by atoms with E-state index in [1.807, 2.05) is 12.1 Å². The highest BCUT2D eigenvalue weighted by Gasteiger charge is 2.47. The Labute approximate surface area is 113 Å². The summed E-state index contributed by atoms with van der Waals surface area (Å²) in [6, 6.07) is 1.91. The van der Waals surface area contributed by atoms with Gasteiger partial charge in [-0.05, 0) is 13.0 Å². The third-order valence-electron chi connectivity index (χ3n) is 4.12. The Kier molecular flexibility index (Phi) is 3.14. The lowest BCUT2D eigenvalue weighted by atomic mass is 9.79. The van der Waals surface area contributed by atoms with E-state index in [0.29, 0.717) is 11.3 Å². The van der Waals surface area contributed by atoms with E-state index >= 15 is 0 Å². The zero-order chi connectivity index (χ0) is 13.3. The minimum atomic E-state index is 0.460. The molecule has 2 fully saturated rings. The summed E-state index contributed by atoms with van der Waals surface area (Å²) >= 11 is 0. The molecular weight excluding hydrogens is 240 g/mol. The second-order valence-corrected chi connectivity index (χ2v) is 5.55. The maximum Gasteiger partial charge on any atom is 0.218 e. The Bertz CT molecular complexity index is 470. The van der Waals surface area contributed by atoms with Crippen LogP contribution in [0.1, 0.15) is 6.42 Å². The number of hydrogen-bond donors (Lipinski definition) is 0. The van der Waals surface area contributed by atoms with Crippen molar-refractivity contribution in [3.63, 3.8) is 0 Å². The molecule has 3 heterocycles. The van der Waals surface area contributed by atoms with Crippen molar-refractivity contribution in [3.8, 4) is 5.88 Å². The van der Waals surface area contributed by atoms with E-state index in [4.69, 9.17) is 4.74 Å². The van der Waals surface area contributed by atoms with Crippen molar-refractivity contribution in [2.45, 2.75) is 6.42 Å². The van der Waals surface area contributed by atoms with E-state index in [1.54, 1.807) is 13.4 Å². The molecule has 0 saturated carbocycles. The van der Waals surface area contributed by atoms with Gasteiger partial charge in [0.05, 0.1) is 7.11 Å². The van der Waals surface area contributed by atoms with Crippen LogP contribution in [0.4, 0.5) is 5.82 Å². The summed E-state index contributed by atoms with van der Waals surface area (Å²) < 4.78 is 5.14. The molecule has 102 valence electrons. The first kappa shape index (κ1) is 12.4. The maximum atomic E-state index is 5.14. The van der Waals surface area contributed by atoms with Gasteiger partial charge >= 0.3 is 0 Å². The van der Waals surface area contributed by atoms with E-state index in [-0.39, 0.29) is 0 Å². The Morgan fingerprint density at radius 2 is 2.26 bits per heavy atom. The molecule has 5 heteroatoms. The molecule has 2 aliphatic heterocycles. The van der Waals surface area contributed by atoms with Crippen LogP contribution in [0.3, 0.4) is 0 Å². The molecule has 0 atom stereocenters. The fourth-order valence-electron chi connectivity index (χ4n) is 3.16. The van der Waals surface area contributed by atoms with Crippen molar-refractivity contribution < 1.29 is 4.74 Å². The molecule has 3 rings (SSSR count). The number of aromatic nitrogens is 2. The van der Waals surface area contributed by atoms with E-state index in [9.17, 15) is 0 Å². The van der Waals surface area contributed by atoms with Crippen LogP contribution >= 0.6 is 0 Å². The van der Waals surface area contributed by atoms with Crippen LogP contribution in [-0.2, 0) is 0 Å². The quantitative estimate of drug-likeness (QED) is 0.761. The summed E-state index contributed by atoms with van der Waals surface area (Å²) in [7, 11) is 1.63. The molecular formula is C14H20N4O. The van der Waals surface area contributed by atoms with Gasteiger partial charge in [-0.2, -0.15) is 0 Å². The summed E-state index contributed by atoms with van der Waals surface area (Å²) in [5.74, 6) is 1.60. The first-order valence-corrected chi connectivity index (χ1v) is 6.69.